The average molecular weight is 357 g/mol. The highest BCUT2D eigenvalue weighted by atomic mass is 16.1. The fraction of sp³-hybridized carbons (Fsp3) is 0.143. The van der Waals surface area contributed by atoms with E-state index in [4.69, 9.17) is 0 Å². The Morgan fingerprint density at radius 1 is 1.00 bits per heavy atom. The Hall–Kier alpha value is -3.54. The topological polar surface area (TPSA) is 72.7 Å². The summed E-state index contributed by atoms with van der Waals surface area (Å²) in [5.74, 6) is -0.142. The van der Waals surface area contributed by atoms with E-state index in [1.165, 1.54) is 0 Å². The molecule has 0 bridgehead atoms. The van der Waals surface area contributed by atoms with Gasteiger partial charge < -0.3 is 5.32 Å². The standard InChI is InChI=1S/C21H19N5O/c27-21(23-11-9-19-8-4-5-10-22-19)18-12-17-14-25-26(20(17)24-13-18)15-16-6-2-1-3-7-16/h1-8,10,12-14H,9,11,15H2,(H,23,27). The molecule has 0 atom stereocenters. The predicted molar refractivity (Wildman–Crippen MR) is 103 cm³/mol. The molecule has 0 saturated carbocycles. The maximum atomic E-state index is 12.4. The van der Waals surface area contributed by atoms with Gasteiger partial charge in [0.1, 0.15) is 0 Å². The van der Waals surface area contributed by atoms with Gasteiger partial charge in [-0.05, 0) is 23.8 Å². The summed E-state index contributed by atoms with van der Waals surface area (Å²) in [6.45, 7) is 1.17. The van der Waals surface area contributed by atoms with Gasteiger partial charge >= 0.3 is 0 Å². The second-order valence-corrected chi connectivity index (χ2v) is 6.25. The van der Waals surface area contributed by atoms with Crippen LogP contribution in [-0.2, 0) is 13.0 Å². The van der Waals surface area contributed by atoms with E-state index >= 15 is 0 Å². The van der Waals surface area contributed by atoms with E-state index in [2.05, 4.69) is 32.5 Å². The Kier molecular flexibility index (Phi) is 4.87. The molecule has 134 valence electrons. The summed E-state index contributed by atoms with van der Waals surface area (Å²) in [5.41, 5.74) is 3.40. The van der Waals surface area contributed by atoms with Crippen LogP contribution < -0.4 is 5.32 Å². The van der Waals surface area contributed by atoms with Crippen LogP contribution in [0.3, 0.4) is 0 Å². The first kappa shape index (κ1) is 16.9. The quantitative estimate of drug-likeness (QED) is 0.576. The van der Waals surface area contributed by atoms with Crippen molar-refractivity contribution >= 4 is 16.9 Å². The van der Waals surface area contributed by atoms with Gasteiger partial charge in [0.15, 0.2) is 5.65 Å². The van der Waals surface area contributed by atoms with E-state index in [-0.39, 0.29) is 5.91 Å². The van der Waals surface area contributed by atoms with Gasteiger partial charge in [0, 0.05) is 36.4 Å². The second-order valence-electron chi connectivity index (χ2n) is 6.25. The molecule has 3 heterocycles. The molecular formula is C21H19N5O. The lowest BCUT2D eigenvalue weighted by molar-refractivity contribution is 0.0954. The first-order chi connectivity index (χ1) is 13.3. The van der Waals surface area contributed by atoms with Crippen molar-refractivity contribution in [1.82, 2.24) is 25.1 Å². The number of carbonyl (C=O) groups is 1. The summed E-state index contributed by atoms with van der Waals surface area (Å²) in [5, 5.41) is 8.17. The van der Waals surface area contributed by atoms with Crippen LogP contribution in [0, 0.1) is 0 Å². The third-order valence-corrected chi connectivity index (χ3v) is 4.31. The number of aromatic nitrogens is 4. The van der Waals surface area contributed by atoms with Crippen molar-refractivity contribution in [3.05, 3.63) is 90.0 Å². The molecule has 27 heavy (non-hydrogen) atoms. The Balaban J connectivity index is 1.43. The number of hydrogen-bond acceptors (Lipinski definition) is 4. The molecule has 0 aliphatic carbocycles. The predicted octanol–water partition coefficient (Wildman–Crippen LogP) is 2.85. The van der Waals surface area contributed by atoms with Crippen molar-refractivity contribution in [3.63, 3.8) is 0 Å². The van der Waals surface area contributed by atoms with Crippen LogP contribution in [0.25, 0.3) is 11.0 Å². The van der Waals surface area contributed by atoms with E-state index in [9.17, 15) is 4.79 Å². The third kappa shape index (κ3) is 4.00. The molecule has 1 amide bonds. The van der Waals surface area contributed by atoms with Gasteiger partial charge in [-0.15, -0.1) is 0 Å². The van der Waals surface area contributed by atoms with Crippen LogP contribution in [0.1, 0.15) is 21.6 Å². The van der Waals surface area contributed by atoms with Gasteiger partial charge in [0.25, 0.3) is 5.91 Å². The SMILES string of the molecule is O=C(NCCc1ccccn1)c1cnc2c(cnn2Cc2ccccc2)c1. The van der Waals surface area contributed by atoms with Crippen LogP contribution >= 0.6 is 0 Å². The minimum atomic E-state index is -0.142. The van der Waals surface area contributed by atoms with Crippen LogP contribution in [0.4, 0.5) is 0 Å². The normalized spacial score (nSPS) is 10.8. The Morgan fingerprint density at radius 2 is 1.85 bits per heavy atom. The zero-order chi connectivity index (χ0) is 18.5. The molecule has 1 N–H and O–H groups in total. The van der Waals surface area contributed by atoms with Crippen molar-refractivity contribution in [2.75, 3.05) is 6.54 Å². The summed E-state index contributed by atoms with van der Waals surface area (Å²) in [4.78, 5) is 21.1. The molecule has 1 aromatic carbocycles. The summed E-state index contributed by atoms with van der Waals surface area (Å²) >= 11 is 0. The highest BCUT2D eigenvalue weighted by molar-refractivity contribution is 5.96. The van der Waals surface area contributed by atoms with E-state index in [0.717, 1.165) is 22.3 Å². The Labute approximate surface area is 156 Å². The van der Waals surface area contributed by atoms with Gasteiger partial charge in [-0.2, -0.15) is 5.10 Å². The average Bonchev–Trinajstić information content (AvgIpc) is 3.11. The lowest BCUT2D eigenvalue weighted by Gasteiger charge is -2.06. The third-order valence-electron chi connectivity index (χ3n) is 4.31. The maximum absolute atomic E-state index is 12.4. The van der Waals surface area contributed by atoms with Gasteiger partial charge in [0.2, 0.25) is 0 Å². The maximum Gasteiger partial charge on any atom is 0.252 e. The van der Waals surface area contributed by atoms with Gasteiger partial charge in [0.05, 0.1) is 18.3 Å². The minimum absolute atomic E-state index is 0.142. The Morgan fingerprint density at radius 3 is 2.67 bits per heavy atom. The Bertz CT molecular complexity index is 1040. The number of nitrogens with one attached hydrogen (secondary N) is 1. The van der Waals surface area contributed by atoms with E-state index < -0.39 is 0 Å². The fourth-order valence-electron chi connectivity index (χ4n) is 2.92. The largest absolute Gasteiger partial charge is 0.352 e. The molecule has 6 heteroatoms. The monoisotopic (exact) mass is 357 g/mol. The number of nitrogens with zero attached hydrogens (tertiary/aromatic N) is 4. The molecular weight excluding hydrogens is 338 g/mol. The molecule has 0 radical (unpaired) electrons. The lowest BCUT2D eigenvalue weighted by atomic mass is 10.2. The van der Waals surface area contributed by atoms with Crippen LogP contribution in [0.15, 0.2) is 73.2 Å². The van der Waals surface area contributed by atoms with Crippen molar-refractivity contribution in [3.8, 4) is 0 Å². The number of carbonyl (C=O) groups excluding carboxylic acids is 1. The molecule has 0 aliphatic rings. The van der Waals surface area contributed by atoms with Crippen LogP contribution in [0.5, 0.6) is 0 Å². The number of fused-ring (bicyclic) bond motifs is 1. The van der Waals surface area contributed by atoms with E-state index in [1.54, 1.807) is 18.6 Å². The summed E-state index contributed by atoms with van der Waals surface area (Å²) < 4.78 is 1.84. The molecule has 4 rings (SSSR count). The molecule has 0 fully saturated rings. The number of amides is 1. The summed E-state index contributed by atoms with van der Waals surface area (Å²) in [6.07, 6.45) is 5.79. The number of pyridine rings is 2. The zero-order valence-electron chi connectivity index (χ0n) is 14.7. The minimum Gasteiger partial charge on any atom is -0.352 e. The highest BCUT2D eigenvalue weighted by Crippen LogP contribution is 2.14. The van der Waals surface area contributed by atoms with Gasteiger partial charge in [-0.3, -0.25) is 9.78 Å². The van der Waals surface area contributed by atoms with Crippen molar-refractivity contribution in [1.29, 1.82) is 0 Å². The number of benzene rings is 1. The van der Waals surface area contributed by atoms with Gasteiger partial charge in [-0.1, -0.05) is 36.4 Å². The van der Waals surface area contributed by atoms with Crippen LogP contribution in [-0.4, -0.2) is 32.2 Å². The number of rotatable bonds is 6. The van der Waals surface area contributed by atoms with Crippen LogP contribution in [0.2, 0.25) is 0 Å². The summed E-state index contributed by atoms with van der Waals surface area (Å²) in [7, 11) is 0. The molecule has 4 aromatic rings. The van der Waals surface area contributed by atoms with E-state index in [0.29, 0.717) is 25.1 Å². The fourth-order valence-corrected chi connectivity index (χ4v) is 2.92. The van der Waals surface area contributed by atoms with Crippen molar-refractivity contribution < 1.29 is 4.79 Å². The molecule has 3 aromatic heterocycles. The molecule has 0 unspecified atom stereocenters. The lowest BCUT2D eigenvalue weighted by Crippen LogP contribution is -2.26. The first-order valence-electron chi connectivity index (χ1n) is 8.83. The second kappa shape index (κ2) is 7.78. The molecule has 0 saturated heterocycles. The van der Waals surface area contributed by atoms with Gasteiger partial charge in [-0.25, -0.2) is 9.67 Å². The first-order valence-corrected chi connectivity index (χ1v) is 8.83. The van der Waals surface area contributed by atoms with Crippen molar-refractivity contribution in [2.45, 2.75) is 13.0 Å². The molecule has 6 nitrogen and oxygen atoms in total. The molecule has 0 spiro atoms. The van der Waals surface area contributed by atoms with E-state index in [1.807, 2.05) is 47.1 Å². The summed E-state index contributed by atoms with van der Waals surface area (Å²) in [6, 6.07) is 17.7. The number of hydrogen-bond donors (Lipinski definition) is 1. The smallest absolute Gasteiger partial charge is 0.252 e. The zero-order valence-corrected chi connectivity index (χ0v) is 14.7. The highest BCUT2D eigenvalue weighted by Gasteiger charge is 2.10. The molecule has 0 aliphatic heterocycles. The van der Waals surface area contributed by atoms with Crippen molar-refractivity contribution in [2.24, 2.45) is 0 Å².